The SMILES string of the molecule is CC(C)N1CN(c2cccc(C(C)(C)c3ccc4c5ccccc5n(-c5cc(-c6c(-c7ccccc7)cccc6-c6ccccc6)ccn5)c4c3)c2)c2ccccc21. The Morgan fingerprint density at radius 2 is 1.14 bits per heavy atom. The minimum atomic E-state index is -0.281. The molecule has 9 aromatic rings. The maximum Gasteiger partial charge on any atom is 0.138 e. The first-order valence-electron chi connectivity index (χ1n) is 20.3. The fourth-order valence-electron chi connectivity index (χ4n) is 9.01. The number of aromatic nitrogens is 2. The molecule has 7 aromatic carbocycles. The lowest BCUT2D eigenvalue weighted by atomic mass is 9.77. The van der Waals surface area contributed by atoms with E-state index in [1.54, 1.807) is 0 Å². The Bertz CT molecular complexity index is 2880. The minimum Gasteiger partial charge on any atom is -0.349 e. The number of benzene rings is 7. The zero-order chi connectivity index (χ0) is 39.4. The maximum atomic E-state index is 5.11. The number of rotatable bonds is 8. The standard InChI is InChI=1S/C54H46N4/c1-37(2)56-36-57(50-28-14-13-27-49(50)56)43-22-15-21-41(34-43)54(3,4)42-29-30-47-46-23-11-12-26-48(46)58(51(47)35-42)52-33-40(31-32-55-52)53-44(38-17-7-5-8-18-38)24-16-25-45(53)39-19-9-6-10-20-39/h5-35,37H,36H2,1-4H3. The molecule has 4 nitrogen and oxygen atoms in total. The molecular formula is C54H46N4. The second-order valence-electron chi connectivity index (χ2n) is 16.2. The van der Waals surface area contributed by atoms with Crippen LogP contribution in [0.4, 0.5) is 17.1 Å². The normalized spacial score (nSPS) is 12.8. The predicted molar refractivity (Wildman–Crippen MR) is 245 cm³/mol. The largest absolute Gasteiger partial charge is 0.349 e. The van der Waals surface area contributed by atoms with Crippen LogP contribution in [0.1, 0.15) is 38.8 Å². The topological polar surface area (TPSA) is 24.3 Å². The van der Waals surface area contributed by atoms with Gasteiger partial charge in [-0.2, -0.15) is 0 Å². The number of pyridine rings is 1. The second-order valence-corrected chi connectivity index (χ2v) is 16.2. The highest BCUT2D eigenvalue weighted by Crippen LogP contribution is 2.45. The fourth-order valence-corrected chi connectivity index (χ4v) is 9.01. The third kappa shape index (κ3) is 5.95. The summed E-state index contributed by atoms with van der Waals surface area (Å²) < 4.78 is 2.36. The lowest BCUT2D eigenvalue weighted by Gasteiger charge is -2.29. The third-order valence-corrected chi connectivity index (χ3v) is 12.2. The molecule has 0 unspecified atom stereocenters. The first kappa shape index (κ1) is 35.5. The van der Waals surface area contributed by atoms with Crippen LogP contribution in [0.25, 0.3) is 61.0 Å². The van der Waals surface area contributed by atoms with Gasteiger partial charge in [0.2, 0.25) is 0 Å². The van der Waals surface area contributed by atoms with E-state index in [0.717, 1.165) is 29.1 Å². The maximum absolute atomic E-state index is 5.11. The van der Waals surface area contributed by atoms with Gasteiger partial charge in [0, 0.05) is 34.1 Å². The molecule has 2 aromatic heterocycles. The van der Waals surface area contributed by atoms with Crippen molar-refractivity contribution in [3.8, 4) is 39.2 Å². The molecule has 4 heteroatoms. The van der Waals surface area contributed by atoms with Crippen molar-refractivity contribution in [2.75, 3.05) is 16.5 Å². The van der Waals surface area contributed by atoms with Gasteiger partial charge in [0.15, 0.2) is 0 Å². The molecule has 0 aliphatic carbocycles. The molecule has 0 atom stereocenters. The summed E-state index contributed by atoms with van der Waals surface area (Å²) in [4.78, 5) is 10.0. The molecular weight excluding hydrogens is 705 g/mol. The predicted octanol–water partition coefficient (Wildman–Crippen LogP) is 13.8. The smallest absolute Gasteiger partial charge is 0.138 e. The first-order chi connectivity index (χ1) is 28.4. The van der Waals surface area contributed by atoms with E-state index in [-0.39, 0.29) is 5.41 Å². The summed E-state index contributed by atoms with van der Waals surface area (Å²) in [6, 6.07) is 66.6. The van der Waals surface area contributed by atoms with Crippen LogP contribution in [0.2, 0.25) is 0 Å². The summed E-state index contributed by atoms with van der Waals surface area (Å²) >= 11 is 0. The van der Waals surface area contributed by atoms with Crippen LogP contribution in [0.15, 0.2) is 188 Å². The van der Waals surface area contributed by atoms with Gasteiger partial charge in [-0.25, -0.2) is 4.98 Å². The Morgan fingerprint density at radius 3 is 1.86 bits per heavy atom. The van der Waals surface area contributed by atoms with Crippen LogP contribution in [-0.2, 0) is 5.41 Å². The van der Waals surface area contributed by atoms with E-state index in [0.29, 0.717) is 6.04 Å². The average molecular weight is 751 g/mol. The molecule has 1 aliphatic heterocycles. The van der Waals surface area contributed by atoms with Crippen LogP contribution in [0, 0.1) is 0 Å². The lowest BCUT2D eigenvalue weighted by Crippen LogP contribution is -2.33. The van der Waals surface area contributed by atoms with E-state index in [1.165, 1.54) is 66.8 Å². The first-order valence-corrected chi connectivity index (χ1v) is 20.3. The van der Waals surface area contributed by atoms with Crippen LogP contribution in [0.5, 0.6) is 0 Å². The molecule has 0 radical (unpaired) electrons. The van der Waals surface area contributed by atoms with E-state index in [4.69, 9.17) is 4.98 Å². The van der Waals surface area contributed by atoms with Crippen LogP contribution in [0.3, 0.4) is 0 Å². The van der Waals surface area contributed by atoms with Crippen molar-refractivity contribution in [3.63, 3.8) is 0 Å². The van der Waals surface area contributed by atoms with Crippen molar-refractivity contribution in [2.45, 2.75) is 39.2 Å². The number of para-hydroxylation sites is 3. The van der Waals surface area contributed by atoms with Gasteiger partial charge < -0.3 is 9.80 Å². The molecule has 58 heavy (non-hydrogen) atoms. The Balaban J connectivity index is 1.11. The van der Waals surface area contributed by atoms with E-state index in [9.17, 15) is 0 Å². The molecule has 282 valence electrons. The summed E-state index contributed by atoms with van der Waals surface area (Å²) in [5, 5.41) is 2.43. The van der Waals surface area contributed by atoms with Gasteiger partial charge in [-0.15, -0.1) is 0 Å². The number of hydrogen-bond acceptors (Lipinski definition) is 3. The number of anilines is 3. The summed E-state index contributed by atoms with van der Waals surface area (Å²) in [5.41, 5.74) is 15.4. The molecule has 10 rings (SSSR count). The van der Waals surface area contributed by atoms with Gasteiger partial charge in [0.25, 0.3) is 0 Å². The molecule has 0 N–H and O–H groups in total. The lowest BCUT2D eigenvalue weighted by molar-refractivity contribution is 0.641. The van der Waals surface area contributed by atoms with Crippen molar-refractivity contribution in [1.82, 2.24) is 9.55 Å². The van der Waals surface area contributed by atoms with Gasteiger partial charge >= 0.3 is 0 Å². The van der Waals surface area contributed by atoms with Crippen molar-refractivity contribution in [1.29, 1.82) is 0 Å². The zero-order valence-corrected chi connectivity index (χ0v) is 33.5. The van der Waals surface area contributed by atoms with E-state index < -0.39 is 0 Å². The van der Waals surface area contributed by atoms with Gasteiger partial charge in [-0.1, -0.05) is 147 Å². The molecule has 0 fully saturated rings. The van der Waals surface area contributed by atoms with Crippen LogP contribution < -0.4 is 9.80 Å². The van der Waals surface area contributed by atoms with Crippen LogP contribution in [-0.4, -0.2) is 22.3 Å². The van der Waals surface area contributed by atoms with Gasteiger partial charge in [-0.05, 0) is 107 Å². The Morgan fingerprint density at radius 1 is 0.517 bits per heavy atom. The quantitative estimate of drug-likeness (QED) is 0.155. The molecule has 0 amide bonds. The highest BCUT2D eigenvalue weighted by molar-refractivity contribution is 6.09. The Hall–Kier alpha value is -6.91. The Labute approximate surface area is 341 Å². The Kier molecular flexibility index (Phi) is 8.71. The summed E-state index contributed by atoms with van der Waals surface area (Å²) in [5.74, 6) is 0.893. The van der Waals surface area contributed by atoms with E-state index in [2.05, 4.69) is 224 Å². The average Bonchev–Trinajstić information content (AvgIpc) is 3.83. The molecule has 1 aliphatic rings. The van der Waals surface area contributed by atoms with Crippen molar-refractivity contribution >= 4 is 38.9 Å². The van der Waals surface area contributed by atoms with E-state index in [1.807, 2.05) is 6.20 Å². The highest BCUT2D eigenvalue weighted by atomic mass is 15.4. The fraction of sp³-hybridized carbons (Fsp3) is 0.130. The van der Waals surface area contributed by atoms with Crippen molar-refractivity contribution < 1.29 is 0 Å². The highest BCUT2D eigenvalue weighted by Gasteiger charge is 2.30. The number of hydrogen-bond donors (Lipinski definition) is 0. The summed E-state index contributed by atoms with van der Waals surface area (Å²) in [7, 11) is 0. The molecule has 0 spiro atoms. The third-order valence-electron chi connectivity index (χ3n) is 12.2. The molecule has 0 saturated heterocycles. The van der Waals surface area contributed by atoms with Gasteiger partial charge in [0.1, 0.15) is 5.82 Å². The number of nitrogens with zero attached hydrogens (tertiary/aromatic N) is 4. The second kappa shape index (κ2) is 14.2. The molecule has 3 heterocycles. The van der Waals surface area contributed by atoms with Crippen molar-refractivity contribution in [2.24, 2.45) is 0 Å². The van der Waals surface area contributed by atoms with Gasteiger partial charge in [-0.3, -0.25) is 4.57 Å². The molecule has 0 saturated carbocycles. The van der Waals surface area contributed by atoms with Crippen molar-refractivity contribution in [3.05, 3.63) is 199 Å². The van der Waals surface area contributed by atoms with Gasteiger partial charge in [0.05, 0.1) is 29.1 Å². The van der Waals surface area contributed by atoms with E-state index >= 15 is 0 Å². The minimum absolute atomic E-state index is 0.281. The summed E-state index contributed by atoms with van der Waals surface area (Å²) in [6.07, 6.45) is 1.97. The number of fused-ring (bicyclic) bond motifs is 4. The monoisotopic (exact) mass is 750 g/mol. The molecule has 0 bridgehead atoms. The van der Waals surface area contributed by atoms with Crippen LogP contribution >= 0.6 is 0 Å². The zero-order valence-electron chi connectivity index (χ0n) is 33.5. The summed E-state index contributed by atoms with van der Waals surface area (Å²) in [6.45, 7) is 10.1.